The summed E-state index contributed by atoms with van der Waals surface area (Å²) in [5.74, 6) is 5.02. The molecule has 0 heteroatoms. The van der Waals surface area contributed by atoms with Gasteiger partial charge in [-0.05, 0) is 47.8 Å². The second-order valence-corrected chi connectivity index (χ2v) is 6.87. The Labute approximate surface area is 89.5 Å². The molecule has 2 aliphatic rings. The van der Waals surface area contributed by atoms with Crippen molar-refractivity contribution in [3.8, 4) is 0 Å². The SMILES string of the molecule is CC1C2CCCC2C(C)C1C(C)(C)C. The topological polar surface area (TPSA) is 0 Å². The van der Waals surface area contributed by atoms with Crippen LogP contribution in [0, 0.1) is 35.0 Å². The molecular weight excluding hydrogens is 168 g/mol. The Morgan fingerprint density at radius 2 is 1.29 bits per heavy atom. The van der Waals surface area contributed by atoms with Crippen LogP contribution in [0.3, 0.4) is 0 Å². The second kappa shape index (κ2) is 3.25. The molecule has 82 valence electrons. The third-order valence-corrected chi connectivity index (χ3v) is 5.11. The molecule has 0 aromatic carbocycles. The molecule has 2 aliphatic carbocycles. The van der Waals surface area contributed by atoms with E-state index in [-0.39, 0.29) is 0 Å². The quantitative estimate of drug-likeness (QED) is 0.538. The minimum Gasteiger partial charge on any atom is -0.0619 e. The number of rotatable bonds is 0. The number of hydrogen-bond donors (Lipinski definition) is 0. The highest BCUT2D eigenvalue weighted by atomic mass is 14.6. The molecule has 0 bridgehead atoms. The molecule has 14 heavy (non-hydrogen) atoms. The van der Waals surface area contributed by atoms with Gasteiger partial charge in [0, 0.05) is 0 Å². The van der Waals surface area contributed by atoms with Crippen LogP contribution in [0.4, 0.5) is 0 Å². The van der Waals surface area contributed by atoms with E-state index < -0.39 is 0 Å². The molecule has 4 unspecified atom stereocenters. The van der Waals surface area contributed by atoms with Crippen molar-refractivity contribution in [3.05, 3.63) is 0 Å². The highest BCUT2D eigenvalue weighted by molar-refractivity contribution is 4.99. The van der Waals surface area contributed by atoms with Crippen LogP contribution < -0.4 is 0 Å². The van der Waals surface area contributed by atoms with E-state index in [0.29, 0.717) is 5.41 Å². The summed E-state index contributed by atoms with van der Waals surface area (Å²) in [7, 11) is 0. The van der Waals surface area contributed by atoms with E-state index in [4.69, 9.17) is 0 Å². The van der Waals surface area contributed by atoms with E-state index >= 15 is 0 Å². The fourth-order valence-electron chi connectivity index (χ4n) is 4.91. The maximum Gasteiger partial charge on any atom is -0.0308 e. The molecule has 2 fully saturated rings. The minimum absolute atomic E-state index is 0.517. The standard InChI is InChI=1S/C14H26/c1-9-11-7-6-8-12(11)10(2)13(9)14(3,4)5/h9-13H,6-8H2,1-5H3. The van der Waals surface area contributed by atoms with Crippen LogP contribution >= 0.6 is 0 Å². The summed E-state index contributed by atoms with van der Waals surface area (Å²) in [5, 5.41) is 0. The largest absolute Gasteiger partial charge is 0.0619 e. The zero-order valence-electron chi connectivity index (χ0n) is 10.5. The Hall–Kier alpha value is 0. The summed E-state index contributed by atoms with van der Waals surface area (Å²) in [6.45, 7) is 12.3. The van der Waals surface area contributed by atoms with Crippen molar-refractivity contribution in [2.24, 2.45) is 35.0 Å². The van der Waals surface area contributed by atoms with Crippen LogP contribution in [0.1, 0.15) is 53.9 Å². The van der Waals surface area contributed by atoms with Crippen LogP contribution in [0.15, 0.2) is 0 Å². The van der Waals surface area contributed by atoms with Crippen LogP contribution in [0.25, 0.3) is 0 Å². The highest BCUT2D eigenvalue weighted by Gasteiger charge is 2.51. The lowest BCUT2D eigenvalue weighted by molar-refractivity contribution is 0.134. The van der Waals surface area contributed by atoms with Gasteiger partial charge in [0.2, 0.25) is 0 Å². The zero-order chi connectivity index (χ0) is 10.5. The molecule has 0 N–H and O–H groups in total. The average molecular weight is 194 g/mol. The van der Waals surface area contributed by atoms with E-state index in [1.807, 2.05) is 0 Å². The van der Waals surface area contributed by atoms with Crippen molar-refractivity contribution in [2.75, 3.05) is 0 Å². The Bertz CT molecular complexity index is 195. The molecule has 2 rings (SSSR count). The second-order valence-electron chi connectivity index (χ2n) is 6.87. The molecule has 0 saturated heterocycles. The van der Waals surface area contributed by atoms with Gasteiger partial charge < -0.3 is 0 Å². The van der Waals surface area contributed by atoms with Crippen molar-refractivity contribution in [2.45, 2.75) is 53.9 Å². The number of fused-ring (bicyclic) bond motifs is 1. The zero-order valence-corrected chi connectivity index (χ0v) is 10.5. The molecule has 0 heterocycles. The fraction of sp³-hybridized carbons (Fsp3) is 1.00. The summed E-state index contributed by atoms with van der Waals surface area (Å²) in [6.07, 6.45) is 4.53. The predicted octanol–water partition coefficient (Wildman–Crippen LogP) is 4.35. The van der Waals surface area contributed by atoms with Gasteiger partial charge in [0.1, 0.15) is 0 Å². The molecule has 0 aliphatic heterocycles. The van der Waals surface area contributed by atoms with Gasteiger partial charge in [0.15, 0.2) is 0 Å². The lowest BCUT2D eigenvalue weighted by Crippen LogP contribution is -2.28. The van der Waals surface area contributed by atoms with E-state index in [2.05, 4.69) is 34.6 Å². The third-order valence-electron chi connectivity index (χ3n) is 5.11. The summed E-state index contributed by atoms with van der Waals surface area (Å²) in [6, 6.07) is 0. The first-order chi connectivity index (χ1) is 6.43. The smallest absolute Gasteiger partial charge is 0.0308 e. The lowest BCUT2D eigenvalue weighted by Gasteiger charge is -2.35. The molecule has 0 aromatic heterocycles. The maximum atomic E-state index is 2.52. The Morgan fingerprint density at radius 1 is 0.857 bits per heavy atom. The van der Waals surface area contributed by atoms with Crippen molar-refractivity contribution in [1.29, 1.82) is 0 Å². The Morgan fingerprint density at radius 3 is 1.64 bits per heavy atom. The van der Waals surface area contributed by atoms with E-state index in [1.54, 1.807) is 0 Å². The lowest BCUT2D eigenvalue weighted by atomic mass is 9.70. The molecule has 0 radical (unpaired) electrons. The van der Waals surface area contributed by atoms with E-state index in [9.17, 15) is 0 Å². The monoisotopic (exact) mass is 194 g/mol. The fourth-order valence-corrected chi connectivity index (χ4v) is 4.91. The average Bonchev–Trinajstić information content (AvgIpc) is 2.54. The van der Waals surface area contributed by atoms with Crippen molar-refractivity contribution >= 4 is 0 Å². The summed E-state index contributed by atoms with van der Waals surface area (Å²) in [4.78, 5) is 0. The Balaban J connectivity index is 2.21. The van der Waals surface area contributed by atoms with Gasteiger partial charge in [-0.15, -0.1) is 0 Å². The van der Waals surface area contributed by atoms with Gasteiger partial charge in [-0.1, -0.05) is 41.0 Å². The molecular formula is C14H26. The van der Waals surface area contributed by atoms with Gasteiger partial charge in [0.05, 0.1) is 0 Å². The van der Waals surface area contributed by atoms with Crippen LogP contribution in [0.5, 0.6) is 0 Å². The molecule has 0 aromatic rings. The van der Waals surface area contributed by atoms with Crippen molar-refractivity contribution < 1.29 is 0 Å². The molecule has 0 spiro atoms. The molecule has 0 amide bonds. The van der Waals surface area contributed by atoms with Crippen LogP contribution in [-0.4, -0.2) is 0 Å². The van der Waals surface area contributed by atoms with E-state index in [1.165, 1.54) is 19.3 Å². The summed E-state index contributed by atoms with van der Waals surface area (Å²) in [5.41, 5.74) is 0.517. The van der Waals surface area contributed by atoms with Crippen molar-refractivity contribution in [3.63, 3.8) is 0 Å². The first-order valence-corrected chi connectivity index (χ1v) is 6.43. The first kappa shape index (κ1) is 10.5. The van der Waals surface area contributed by atoms with Crippen molar-refractivity contribution in [1.82, 2.24) is 0 Å². The molecule has 4 atom stereocenters. The van der Waals surface area contributed by atoms with Gasteiger partial charge in [-0.2, -0.15) is 0 Å². The Kier molecular flexibility index (Phi) is 2.44. The molecule has 0 nitrogen and oxygen atoms in total. The normalized spacial score (nSPS) is 48.2. The number of hydrogen-bond acceptors (Lipinski definition) is 0. The third kappa shape index (κ3) is 1.42. The summed E-state index contributed by atoms with van der Waals surface area (Å²) < 4.78 is 0. The predicted molar refractivity (Wildman–Crippen MR) is 62.1 cm³/mol. The first-order valence-electron chi connectivity index (χ1n) is 6.43. The van der Waals surface area contributed by atoms with Gasteiger partial charge in [-0.3, -0.25) is 0 Å². The molecule has 2 saturated carbocycles. The van der Waals surface area contributed by atoms with Crippen LogP contribution in [0.2, 0.25) is 0 Å². The summed E-state index contributed by atoms with van der Waals surface area (Å²) >= 11 is 0. The highest BCUT2D eigenvalue weighted by Crippen LogP contribution is 2.58. The van der Waals surface area contributed by atoms with Crippen LogP contribution in [-0.2, 0) is 0 Å². The van der Waals surface area contributed by atoms with Gasteiger partial charge >= 0.3 is 0 Å². The maximum absolute atomic E-state index is 2.52. The van der Waals surface area contributed by atoms with E-state index in [0.717, 1.165) is 29.6 Å². The van der Waals surface area contributed by atoms with Gasteiger partial charge in [-0.25, -0.2) is 0 Å². The van der Waals surface area contributed by atoms with Gasteiger partial charge in [0.25, 0.3) is 0 Å². The minimum atomic E-state index is 0.517.